The number of aryl methyl sites for hydroxylation is 1. The zero-order chi connectivity index (χ0) is 21.5. The highest BCUT2D eigenvalue weighted by atomic mass is 32.2. The van der Waals surface area contributed by atoms with Gasteiger partial charge in [0.15, 0.2) is 0 Å². The van der Waals surface area contributed by atoms with Crippen molar-refractivity contribution in [3.8, 4) is 0 Å². The van der Waals surface area contributed by atoms with Gasteiger partial charge in [-0.1, -0.05) is 36.4 Å². The lowest BCUT2D eigenvalue weighted by Gasteiger charge is -2.40. The largest absolute Gasteiger partial charge is 0.387 e. The maximum atomic E-state index is 11.9. The second kappa shape index (κ2) is 7.96. The van der Waals surface area contributed by atoms with Gasteiger partial charge in [0.25, 0.3) is 0 Å². The van der Waals surface area contributed by atoms with E-state index in [1.807, 2.05) is 43.3 Å². The number of hydrogen-bond acceptors (Lipinski definition) is 5. The summed E-state index contributed by atoms with van der Waals surface area (Å²) in [6.07, 6.45) is 2.51. The van der Waals surface area contributed by atoms with E-state index in [1.54, 1.807) is 6.07 Å². The Morgan fingerprint density at radius 1 is 1.10 bits per heavy atom. The monoisotopic (exact) mass is 430 g/mol. The Morgan fingerprint density at radius 2 is 1.80 bits per heavy atom. The molecule has 0 bridgehead atoms. The maximum absolute atomic E-state index is 11.9. The fourth-order valence-corrected chi connectivity index (χ4v) is 5.72. The normalized spacial score (nSPS) is 20.2. The Bertz CT molecular complexity index is 1030. The van der Waals surface area contributed by atoms with Gasteiger partial charge in [-0.15, -0.1) is 0 Å². The van der Waals surface area contributed by atoms with Crippen molar-refractivity contribution in [1.82, 2.24) is 4.90 Å². The summed E-state index contributed by atoms with van der Waals surface area (Å²) >= 11 is 0. The van der Waals surface area contributed by atoms with Crippen molar-refractivity contribution in [2.24, 2.45) is 0 Å². The minimum atomic E-state index is -3.27. The number of benzene rings is 2. The molecule has 0 aliphatic carbocycles. The zero-order valence-electron chi connectivity index (χ0n) is 17.6. The molecule has 162 valence electrons. The van der Waals surface area contributed by atoms with Crippen LogP contribution in [0.25, 0.3) is 0 Å². The highest BCUT2D eigenvalue weighted by Crippen LogP contribution is 2.36. The Hall–Kier alpha value is -1.93. The second-order valence-electron chi connectivity index (χ2n) is 8.64. The van der Waals surface area contributed by atoms with Crippen molar-refractivity contribution in [3.63, 3.8) is 0 Å². The van der Waals surface area contributed by atoms with Gasteiger partial charge in [-0.25, -0.2) is 8.42 Å². The van der Waals surface area contributed by atoms with Crippen molar-refractivity contribution >= 4 is 15.7 Å². The van der Waals surface area contributed by atoms with Gasteiger partial charge in [0, 0.05) is 26.2 Å². The first-order chi connectivity index (χ1) is 14.2. The van der Waals surface area contributed by atoms with Crippen LogP contribution in [0.1, 0.15) is 41.2 Å². The van der Waals surface area contributed by atoms with Crippen LogP contribution in [0.3, 0.4) is 0 Å². The number of aliphatic hydroxyl groups is 2. The minimum Gasteiger partial charge on any atom is -0.387 e. The van der Waals surface area contributed by atoms with E-state index in [0.717, 1.165) is 27.9 Å². The summed E-state index contributed by atoms with van der Waals surface area (Å²) in [6.45, 7) is 4.42. The predicted molar refractivity (Wildman–Crippen MR) is 118 cm³/mol. The number of likely N-dealkylation sites (tertiary alicyclic amines) is 1. The van der Waals surface area contributed by atoms with Gasteiger partial charge >= 0.3 is 0 Å². The van der Waals surface area contributed by atoms with E-state index >= 15 is 0 Å². The molecule has 1 atom stereocenters. The molecule has 0 spiro atoms. The molecule has 0 aromatic heterocycles. The molecule has 0 radical (unpaired) electrons. The Balaban J connectivity index is 1.40. The first-order valence-corrected chi connectivity index (χ1v) is 12.3. The molecular formula is C23H30N2O4S. The van der Waals surface area contributed by atoms with Crippen molar-refractivity contribution in [2.75, 3.05) is 36.7 Å². The van der Waals surface area contributed by atoms with Crippen molar-refractivity contribution in [2.45, 2.75) is 37.9 Å². The molecule has 2 heterocycles. The predicted octanol–water partition coefficient (Wildman–Crippen LogP) is 2.33. The number of aliphatic hydroxyl groups excluding tert-OH is 1. The molecule has 1 unspecified atom stereocenters. The highest BCUT2D eigenvalue weighted by molar-refractivity contribution is 7.92. The van der Waals surface area contributed by atoms with E-state index in [4.69, 9.17) is 0 Å². The minimum absolute atomic E-state index is 0.456. The third kappa shape index (κ3) is 4.12. The molecule has 0 saturated carbocycles. The van der Waals surface area contributed by atoms with E-state index in [-0.39, 0.29) is 0 Å². The summed E-state index contributed by atoms with van der Waals surface area (Å²) in [5, 5.41) is 21.9. The van der Waals surface area contributed by atoms with Gasteiger partial charge in [0.05, 0.1) is 23.6 Å². The lowest BCUT2D eigenvalue weighted by Crippen LogP contribution is -2.44. The number of fused-ring (bicyclic) bond motifs is 1. The smallest absolute Gasteiger partial charge is 0.232 e. The van der Waals surface area contributed by atoms with Crippen LogP contribution in [0.2, 0.25) is 0 Å². The summed E-state index contributed by atoms with van der Waals surface area (Å²) in [7, 11) is -3.27. The van der Waals surface area contributed by atoms with Gasteiger partial charge < -0.3 is 15.1 Å². The summed E-state index contributed by atoms with van der Waals surface area (Å²) < 4.78 is 25.2. The van der Waals surface area contributed by atoms with E-state index in [1.165, 1.54) is 10.6 Å². The molecule has 2 N–H and O–H groups in total. The highest BCUT2D eigenvalue weighted by Gasteiger charge is 2.35. The fourth-order valence-electron chi connectivity index (χ4n) is 4.76. The molecule has 7 heteroatoms. The Morgan fingerprint density at radius 3 is 2.47 bits per heavy atom. The standard InChI is InChI=1S/C23H30N2O4S/c1-17-5-3-4-6-20(17)23(27)10-13-24(14-11-23)16-22(26)19-7-8-21-18(15-19)9-12-25(21)30(2,28)29/h3-8,15,22,26-27H,9-14,16H2,1-2H3. The average Bonchev–Trinajstić information content (AvgIpc) is 3.14. The number of anilines is 1. The fraction of sp³-hybridized carbons (Fsp3) is 0.478. The molecule has 0 amide bonds. The maximum Gasteiger partial charge on any atom is 0.232 e. The Kier molecular flexibility index (Phi) is 5.66. The molecule has 1 saturated heterocycles. The topological polar surface area (TPSA) is 81.1 Å². The molecule has 30 heavy (non-hydrogen) atoms. The third-order valence-corrected chi connectivity index (χ3v) is 7.68. The van der Waals surface area contributed by atoms with Crippen LogP contribution in [-0.2, 0) is 22.0 Å². The molecule has 6 nitrogen and oxygen atoms in total. The van der Waals surface area contributed by atoms with Crippen LogP contribution < -0.4 is 4.31 Å². The zero-order valence-corrected chi connectivity index (χ0v) is 18.4. The molecule has 1 fully saturated rings. The van der Waals surface area contributed by atoms with E-state index in [2.05, 4.69) is 4.90 Å². The van der Waals surface area contributed by atoms with E-state index in [0.29, 0.717) is 45.4 Å². The van der Waals surface area contributed by atoms with E-state index < -0.39 is 21.7 Å². The lowest BCUT2D eigenvalue weighted by molar-refractivity contribution is -0.0348. The first-order valence-electron chi connectivity index (χ1n) is 10.5. The van der Waals surface area contributed by atoms with Gasteiger partial charge in [0.2, 0.25) is 10.0 Å². The van der Waals surface area contributed by atoms with Crippen LogP contribution in [0, 0.1) is 6.92 Å². The number of nitrogens with zero attached hydrogens (tertiary/aromatic N) is 2. The lowest BCUT2D eigenvalue weighted by atomic mass is 9.82. The number of hydrogen-bond donors (Lipinski definition) is 2. The van der Waals surface area contributed by atoms with Crippen LogP contribution in [0.4, 0.5) is 5.69 Å². The van der Waals surface area contributed by atoms with Crippen molar-refractivity contribution in [1.29, 1.82) is 0 Å². The molecule has 2 aliphatic heterocycles. The SMILES string of the molecule is Cc1ccccc1C1(O)CCN(CC(O)c2ccc3c(c2)CCN3S(C)(=O)=O)CC1. The summed E-state index contributed by atoms with van der Waals surface area (Å²) in [5.74, 6) is 0. The van der Waals surface area contributed by atoms with Crippen LogP contribution in [-0.4, -0.2) is 56.0 Å². The third-order valence-electron chi connectivity index (χ3n) is 6.50. The van der Waals surface area contributed by atoms with Crippen molar-refractivity contribution < 1.29 is 18.6 Å². The van der Waals surface area contributed by atoms with Gasteiger partial charge in [-0.3, -0.25) is 4.31 Å². The van der Waals surface area contributed by atoms with Crippen LogP contribution >= 0.6 is 0 Å². The summed E-state index contributed by atoms with van der Waals surface area (Å²) in [4.78, 5) is 2.19. The quantitative estimate of drug-likeness (QED) is 0.761. The molecule has 2 aromatic carbocycles. The Labute approximate surface area is 178 Å². The number of piperidine rings is 1. The van der Waals surface area contributed by atoms with E-state index in [9.17, 15) is 18.6 Å². The van der Waals surface area contributed by atoms with Crippen molar-refractivity contribution in [3.05, 3.63) is 64.7 Å². The van der Waals surface area contributed by atoms with Crippen LogP contribution in [0.5, 0.6) is 0 Å². The summed E-state index contributed by atoms with van der Waals surface area (Å²) in [5.41, 5.74) is 3.78. The first kappa shape index (κ1) is 21.3. The molecule has 4 rings (SSSR count). The van der Waals surface area contributed by atoms with Gasteiger partial charge in [-0.2, -0.15) is 0 Å². The van der Waals surface area contributed by atoms with Crippen LogP contribution in [0.15, 0.2) is 42.5 Å². The number of β-amino-alcohol motifs (C(OH)–C–C–N with tert-alkyl or cyclic N) is 1. The van der Waals surface area contributed by atoms with Gasteiger partial charge in [0.1, 0.15) is 0 Å². The molecule has 2 aromatic rings. The number of sulfonamides is 1. The number of rotatable bonds is 5. The summed E-state index contributed by atoms with van der Waals surface area (Å²) in [6, 6.07) is 13.5. The molecular weight excluding hydrogens is 400 g/mol. The second-order valence-corrected chi connectivity index (χ2v) is 10.5. The average molecular weight is 431 g/mol. The molecule has 2 aliphatic rings. The van der Waals surface area contributed by atoms with Gasteiger partial charge in [-0.05, 0) is 54.5 Å².